The fourth-order valence-corrected chi connectivity index (χ4v) is 3.34. The van der Waals surface area contributed by atoms with E-state index in [4.69, 9.17) is 23.8 Å². The van der Waals surface area contributed by atoms with Gasteiger partial charge < -0.3 is 0 Å². The van der Waals surface area contributed by atoms with Gasteiger partial charge in [0.1, 0.15) is 5.65 Å². The van der Waals surface area contributed by atoms with Crippen LogP contribution >= 0.6 is 23.8 Å². The first-order valence-electron chi connectivity index (χ1n) is 7.69. The lowest BCUT2D eigenvalue weighted by atomic mass is 10.1. The molecule has 0 aliphatic heterocycles. The van der Waals surface area contributed by atoms with Crippen LogP contribution in [-0.4, -0.2) is 14.5 Å². The molecule has 1 aliphatic carbocycles. The molecular formula is C17H12ClF2N3OS. The van der Waals surface area contributed by atoms with Crippen molar-refractivity contribution in [2.24, 2.45) is 0 Å². The zero-order valence-corrected chi connectivity index (χ0v) is 14.4. The van der Waals surface area contributed by atoms with Crippen molar-refractivity contribution in [1.29, 1.82) is 0 Å². The van der Waals surface area contributed by atoms with E-state index >= 15 is 0 Å². The number of pyridine rings is 1. The first-order valence-corrected chi connectivity index (χ1v) is 8.48. The smallest absolute Gasteiger partial charge is 0.264 e. The molecule has 1 saturated carbocycles. The number of rotatable bonds is 3. The molecule has 0 spiro atoms. The number of nitrogens with one attached hydrogen (secondary N) is 1. The van der Waals surface area contributed by atoms with Crippen LogP contribution in [0.2, 0.25) is 5.02 Å². The molecule has 2 heterocycles. The van der Waals surface area contributed by atoms with Gasteiger partial charge in [-0.05, 0) is 43.3 Å². The Morgan fingerprint density at radius 2 is 1.96 bits per heavy atom. The highest BCUT2D eigenvalue weighted by molar-refractivity contribution is 7.71. The van der Waals surface area contributed by atoms with Crippen molar-refractivity contribution in [3.63, 3.8) is 0 Å². The van der Waals surface area contributed by atoms with Crippen molar-refractivity contribution in [2.45, 2.75) is 25.3 Å². The predicted octanol–water partition coefficient (Wildman–Crippen LogP) is 5.05. The van der Waals surface area contributed by atoms with E-state index in [9.17, 15) is 13.6 Å². The fraction of sp³-hybridized carbons (Fsp3) is 0.235. The Hall–Kier alpha value is -2.12. The van der Waals surface area contributed by atoms with E-state index in [1.807, 2.05) is 0 Å². The number of nitrogens with zero attached hydrogens (tertiary/aromatic N) is 2. The molecule has 25 heavy (non-hydrogen) atoms. The van der Waals surface area contributed by atoms with E-state index in [0.29, 0.717) is 16.3 Å². The zero-order chi connectivity index (χ0) is 17.7. The molecular weight excluding hydrogens is 368 g/mol. The number of H-pyrrole nitrogens is 1. The monoisotopic (exact) mass is 379 g/mol. The highest BCUT2D eigenvalue weighted by Crippen LogP contribution is 2.38. The summed E-state index contributed by atoms with van der Waals surface area (Å²) in [5, 5.41) is 0.434. The average Bonchev–Trinajstić information content (AvgIpc) is 3.39. The van der Waals surface area contributed by atoms with E-state index in [1.54, 1.807) is 28.8 Å². The number of hydrogen-bond donors (Lipinski definition) is 1. The Bertz CT molecular complexity index is 1090. The van der Waals surface area contributed by atoms with Crippen LogP contribution in [0.5, 0.6) is 0 Å². The molecule has 4 nitrogen and oxygen atoms in total. The second kappa shape index (κ2) is 6.00. The van der Waals surface area contributed by atoms with Gasteiger partial charge in [0, 0.05) is 22.2 Å². The van der Waals surface area contributed by atoms with Crippen LogP contribution in [-0.2, 0) is 0 Å². The second-order valence-corrected chi connectivity index (χ2v) is 6.79. The number of halogens is 3. The molecule has 1 fully saturated rings. The summed E-state index contributed by atoms with van der Waals surface area (Å²) in [6, 6.07) is 8.08. The number of fused-ring (bicyclic) bond motifs is 1. The summed E-state index contributed by atoms with van der Waals surface area (Å²) in [7, 11) is 0. The number of hydrogen-bond acceptors (Lipinski definition) is 3. The summed E-state index contributed by atoms with van der Waals surface area (Å²) >= 11 is 11.1. The minimum Gasteiger partial charge on any atom is -0.299 e. The van der Waals surface area contributed by atoms with Gasteiger partial charge in [0.15, 0.2) is 4.77 Å². The molecule has 0 amide bonds. The summed E-state index contributed by atoms with van der Waals surface area (Å²) in [5.41, 5.74) is 0.220. The maximum atomic E-state index is 13.6. The Morgan fingerprint density at radius 1 is 1.28 bits per heavy atom. The average molecular weight is 380 g/mol. The largest absolute Gasteiger partial charge is 0.299 e. The van der Waals surface area contributed by atoms with Gasteiger partial charge in [-0.15, -0.1) is 0 Å². The summed E-state index contributed by atoms with van der Waals surface area (Å²) in [5.74, 6) is 0. The van der Waals surface area contributed by atoms with E-state index in [-0.39, 0.29) is 27.4 Å². The number of aromatic nitrogens is 3. The second-order valence-electron chi connectivity index (χ2n) is 5.96. The minimum atomic E-state index is -2.80. The molecule has 1 aliphatic rings. The quantitative estimate of drug-likeness (QED) is 0.648. The molecule has 2 aromatic heterocycles. The van der Waals surface area contributed by atoms with Crippen molar-refractivity contribution in [2.75, 3.05) is 0 Å². The van der Waals surface area contributed by atoms with E-state index in [1.165, 1.54) is 6.07 Å². The lowest BCUT2D eigenvalue weighted by Crippen LogP contribution is -2.17. The molecule has 3 aromatic rings. The lowest BCUT2D eigenvalue weighted by molar-refractivity contribution is 0.153. The standard InChI is InChI=1S/C17H12ClF2N3OS/c18-9-3-1-8(2-4-9)12-7-11(14(19)20)13-15(21-12)23(10-5-6-10)17(25)22-16(13)24/h1-4,7,10,14H,5-6H2,(H,22,24,25). The van der Waals surface area contributed by atoms with Gasteiger partial charge in [-0.1, -0.05) is 23.7 Å². The van der Waals surface area contributed by atoms with Gasteiger partial charge in [-0.3, -0.25) is 14.3 Å². The van der Waals surface area contributed by atoms with Gasteiger partial charge in [-0.25, -0.2) is 13.8 Å². The number of aromatic amines is 1. The molecule has 1 aromatic carbocycles. The molecule has 0 atom stereocenters. The van der Waals surface area contributed by atoms with Gasteiger partial charge in [0.2, 0.25) is 0 Å². The summed E-state index contributed by atoms with van der Waals surface area (Å²) in [6.45, 7) is 0. The van der Waals surface area contributed by atoms with Crippen molar-refractivity contribution < 1.29 is 8.78 Å². The van der Waals surface area contributed by atoms with Crippen LogP contribution in [0, 0.1) is 4.77 Å². The molecule has 4 rings (SSSR count). The molecule has 0 saturated heterocycles. The molecule has 0 bridgehead atoms. The Kier molecular flexibility index (Phi) is 3.92. The SMILES string of the molecule is O=c1[nH]c(=S)n(C2CC2)c2nc(-c3ccc(Cl)cc3)cc(C(F)F)c12. The first kappa shape index (κ1) is 16.4. The topological polar surface area (TPSA) is 50.7 Å². The predicted molar refractivity (Wildman–Crippen MR) is 94.9 cm³/mol. The third-order valence-electron chi connectivity index (χ3n) is 4.21. The number of alkyl halides is 2. The van der Waals surface area contributed by atoms with Crippen LogP contribution in [0.25, 0.3) is 22.3 Å². The van der Waals surface area contributed by atoms with Crippen molar-refractivity contribution >= 4 is 34.9 Å². The summed E-state index contributed by atoms with van der Waals surface area (Å²) in [6.07, 6.45) is -1.04. The fourth-order valence-electron chi connectivity index (χ4n) is 2.89. The van der Waals surface area contributed by atoms with Crippen LogP contribution in [0.1, 0.15) is 30.9 Å². The first-order chi connectivity index (χ1) is 12.0. The highest BCUT2D eigenvalue weighted by Gasteiger charge is 2.28. The van der Waals surface area contributed by atoms with E-state index in [2.05, 4.69) is 9.97 Å². The van der Waals surface area contributed by atoms with Crippen LogP contribution in [0.3, 0.4) is 0 Å². The van der Waals surface area contributed by atoms with Crippen molar-refractivity contribution in [3.05, 3.63) is 56.0 Å². The Balaban J connectivity index is 2.10. The maximum absolute atomic E-state index is 13.6. The zero-order valence-electron chi connectivity index (χ0n) is 12.8. The maximum Gasteiger partial charge on any atom is 0.264 e. The van der Waals surface area contributed by atoms with Crippen molar-refractivity contribution in [1.82, 2.24) is 14.5 Å². The highest BCUT2D eigenvalue weighted by atomic mass is 35.5. The van der Waals surface area contributed by atoms with Gasteiger partial charge >= 0.3 is 0 Å². The molecule has 8 heteroatoms. The van der Waals surface area contributed by atoms with E-state index < -0.39 is 12.0 Å². The number of benzene rings is 1. The van der Waals surface area contributed by atoms with Crippen LogP contribution < -0.4 is 5.56 Å². The van der Waals surface area contributed by atoms with Gasteiger partial charge in [-0.2, -0.15) is 0 Å². The molecule has 1 N–H and O–H groups in total. The van der Waals surface area contributed by atoms with Gasteiger partial charge in [0.05, 0.1) is 11.1 Å². The van der Waals surface area contributed by atoms with Crippen LogP contribution in [0.4, 0.5) is 8.78 Å². The molecule has 128 valence electrons. The minimum absolute atomic E-state index is 0.0883. The van der Waals surface area contributed by atoms with Crippen LogP contribution in [0.15, 0.2) is 35.1 Å². The summed E-state index contributed by atoms with van der Waals surface area (Å²) < 4.78 is 29.2. The third-order valence-corrected chi connectivity index (χ3v) is 4.76. The lowest BCUT2D eigenvalue weighted by Gasteiger charge is -2.14. The Morgan fingerprint density at radius 3 is 2.56 bits per heavy atom. The molecule has 0 unspecified atom stereocenters. The van der Waals surface area contributed by atoms with Gasteiger partial charge in [0.25, 0.3) is 12.0 Å². The van der Waals surface area contributed by atoms with E-state index in [0.717, 1.165) is 12.8 Å². The third kappa shape index (κ3) is 2.87. The molecule has 0 radical (unpaired) electrons. The van der Waals surface area contributed by atoms with Crippen molar-refractivity contribution in [3.8, 4) is 11.3 Å². The Labute approximate surface area is 151 Å². The summed E-state index contributed by atoms with van der Waals surface area (Å²) in [4.78, 5) is 19.3. The normalized spacial score (nSPS) is 14.4.